The van der Waals surface area contributed by atoms with Crippen LogP contribution < -0.4 is 10.9 Å². The summed E-state index contributed by atoms with van der Waals surface area (Å²) in [5.41, 5.74) is 5.76. The fourth-order valence-corrected chi connectivity index (χ4v) is 3.52. The first-order valence-electron chi connectivity index (χ1n) is 9.54. The van der Waals surface area contributed by atoms with Gasteiger partial charge in [-0.05, 0) is 24.0 Å². The third-order valence-corrected chi connectivity index (χ3v) is 4.95. The highest BCUT2D eigenvalue weighted by Gasteiger charge is 2.18. The second-order valence-electron chi connectivity index (χ2n) is 6.84. The van der Waals surface area contributed by atoms with Crippen molar-refractivity contribution >= 4 is 17.6 Å². The lowest BCUT2D eigenvalue weighted by Crippen LogP contribution is -2.42. The minimum atomic E-state index is 0.512. The molecule has 0 aliphatic carbocycles. The molecule has 0 aromatic heterocycles. The van der Waals surface area contributed by atoms with E-state index in [0.29, 0.717) is 6.71 Å². The molecular formula is C24H27B. The summed E-state index contributed by atoms with van der Waals surface area (Å²) in [6.45, 7) is 2.79. The van der Waals surface area contributed by atoms with Crippen LogP contribution in [0.5, 0.6) is 0 Å². The molecular weight excluding hydrogens is 299 g/mol. The van der Waals surface area contributed by atoms with Crippen molar-refractivity contribution < 1.29 is 0 Å². The molecule has 0 bridgehead atoms. The van der Waals surface area contributed by atoms with Crippen LogP contribution in [0.4, 0.5) is 0 Å². The predicted molar refractivity (Wildman–Crippen MR) is 111 cm³/mol. The summed E-state index contributed by atoms with van der Waals surface area (Å²) in [4.78, 5) is 0. The molecule has 3 aromatic carbocycles. The van der Waals surface area contributed by atoms with E-state index in [1.807, 2.05) is 0 Å². The van der Waals surface area contributed by atoms with Crippen LogP contribution >= 0.6 is 0 Å². The molecule has 0 atom stereocenters. The van der Waals surface area contributed by atoms with Crippen LogP contribution in [0.1, 0.15) is 30.9 Å². The number of hydrogen-bond donors (Lipinski definition) is 0. The minimum absolute atomic E-state index is 0.512. The lowest BCUT2D eigenvalue weighted by atomic mass is 9.38. The molecule has 0 aliphatic heterocycles. The number of rotatable bonds is 8. The zero-order valence-electron chi connectivity index (χ0n) is 15.2. The average molecular weight is 326 g/mol. The second kappa shape index (κ2) is 9.27. The Hall–Kier alpha value is -2.28. The molecule has 0 aliphatic rings. The van der Waals surface area contributed by atoms with Crippen molar-refractivity contribution in [2.75, 3.05) is 0 Å². The molecule has 1 heteroatoms. The monoisotopic (exact) mass is 326 g/mol. The molecule has 0 N–H and O–H groups in total. The van der Waals surface area contributed by atoms with Crippen molar-refractivity contribution in [2.45, 2.75) is 38.9 Å². The van der Waals surface area contributed by atoms with Crippen molar-refractivity contribution in [3.8, 4) is 0 Å². The Labute approximate surface area is 153 Å². The fourth-order valence-electron chi connectivity index (χ4n) is 3.52. The molecule has 0 saturated carbocycles. The van der Waals surface area contributed by atoms with Gasteiger partial charge in [-0.15, -0.1) is 0 Å². The first-order valence-corrected chi connectivity index (χ1v) is 9.54. The smallest absolute Gasteiger partial charge is 0.0742 e. The Kier molecular flexibility index (Phi) is 6.51. The topological polar surface area (TPSA) is 0 Å². The van der Waals surface area contributed by atoms with Crippen LogP contribution in [0.25, 0.3) is 0 Å². The van der Waals surface area contributed by atoms with E-state index in [9.17, 15) is 0 Å². The highest BCUT2D eigenvalue weighted by Crippen LogP contribution is 2.09. The lowest BCUT2D eigenvalue weighted by Gasteiger charge is -2.15. The molecule has 0 saturated heterocycles. The summed E-state index contributed by atoms with van der Waals surface area (Å²) in [6, 6.07) is 31.0. The Morgan fingerprint density at radius 1 is 0.640 bits per heavy atom. The molecule has 0 radical (unpaired) electrons. The third-order valence-electron chi connectivity index (χ3n) is 4.95. The van der Waals surface area contributed by atoms with Crippen LogP contribution in [0, 0.1) is 0 Å². The fraction of sp³-hybridized carbons (Fsp3) is 0.250. The summed E-state index contributed by atoms with van der Waals surface area (Å²) in [5.74, 6) is 0. The van der Waals surface area contributed by atoms with E-state index in [2.05, 4.69) is 91.9 Å². The molecule has 3 aromatic rings. The minimum Gasteiger partial charge on any atom is -0.0742 e. The van der Waals surface area contributed by atoms with Crippen molar-refractivity contribution in [1.29, 1.82) is 0 Å². The lowest BCUT2D eigenvalue weighted by molar-refractivity contribution is 0.878. The standard InChI is InChI=1S/C24H27B/c1-2-3-19-25(23-14-8-5-9-15-23)24-16-10-13-22(20-24)18-17-21-11-6-4-7-12-21/h4-16,20H,2-3,17-19H2,1H3. The maximum absolute atomic E-state index is 2.43. The van der Waals surface area contributed by atoms with Crippen molar-refractivity contribution in [3.05, 3.63) is 96.1 Å². The zero-order valence-corrected chi connectivity index (χ0v) is 15.2. The van der Waals surface area contributed by atoms with Crippen LogP contribution in [0.3, 0.4) is 0 Å². The van der Waals surface area contributed by atoms with Crippen LogP contribution in [0.2, 0.25) is 6.32 Å². The van der Waals surface area contributed by atoms with E-state index in [1.165, 1.54) is 41.2 Å². The Balaban J connectivity index is 1.77. The number of hydrogen-bond acceptors (Lipinski definition) is 0. The SMILES string of the molecule is CCCCB(c1ccccc1)c1cccc(CCc2ccccc2)c1. The summed E-state index contributed by atoms with van der Waals surface area (Å²) < 4.78 is 0. The third kappa shape index (κ3) is 5.10. The van der Waals surface area contributed by atoms with Gasteiger partial charge in [-0.2, -0.15) is 0 Å². The molecule has 0 spiro atoms. The molecule has 0 unspecified atom stereocenters. The van der Waals surface area contributed by atoms with E-state index in [-0.39, 0.29) is 0 Å². The quantitative estimate of drug-likeness (QED) is 0.518. The number of benzene rings is 3. The van der Waals surface area contributed by atoms with Gasteiger partial charge in [-0.3, -0.25) is 0 Å². The van der Waals surface area contributed by atoms with Crippen LogP contribution in [-0.2, 0) is 12.8 Å². The van der Waals surface area contributed by atoms with Gasteiger partial charge >= 0.3 is 0 Å². The van der Waals surface area contributed by atoms with Gasteiger partial charge in [-0.25, -0.2) is 0 Å². The van der Waals surface area contributed by atoms with Crippen LogP contribution in [0.15, 0.2) is 84.9 Å². The van der Waals surface area contributed by atoms with Gasteiger partial charge in [0, 0.05) is 0 Å². The van der Waals surface area contributed by atoms with E-state index in [0.717, 1.165) is 12.8 Å². The summed E-state index contributed by atoms with van der Waals surface area (Å²) >= 11 is 0. The molecule has 126 valence electrons. The molecule has 0 amide bonds. The Bertz CT molecular complexity index is 749. The van der Waals surface area contributed by atoms with E-state index in [4.69, 9.17) is 0 Å². The number of unbranched alkanes of at least 4 members (excludes halogenated alkanes) is 1. The van der Waals surface area contributed by atoms with Gasteiger partial charge < -0.3 is 0 Å². The van der Waals surface area contributed by atoms with Gasteiger partial charge in [0.05, 0.1) is 0 Å². The number of aryl methyl sites for hydroxylation is 2. The van der Waals surface area contributed by atoms with Gasteiger partial charge in [-0.1, -0.05) is 122 Å². The summed E-state index contributed by atoms with van der Waals surface area (Å²) in [5, 5.41) is 0. The van der Waals surface area contributed by atoms with Gasteiger partial charge in [0.25, 0.3) is 0 Å². The molecule has 3 rings (SSSR count). The summed E-state index contributed by atoms with van der Waals surface area (Å²) in [7, 11) is 0. The van der Waals surface area contributed by atoms with E-state index in [1.54, 1.807) is 0 Å². The first-order chi connectivity index (χ1) is 12.4. The maximum atomic E-state index is 2.43. The van der Waals surface area contributed by atoms with Gasteiger partial charge in [0.1, 0.15) is 0 Å². The Morgan fingerprint density at radius 3 is 1.96 bits per heavy atom. The molecule has 0 nitrogen and oxygen atoms in total. The van der Waals surface area contributed by atoms with Crippen LogP contribution in [-0.4, -0.2) is 6.71 Å². The van der Waals surface area contributed by atoms with Crippen molar-refractivity contribution in [1.82, 2.24) is 0 Å². The predicted octanol–water partition coefficient (Wildman–Crippen LogP) is 4.88. The highest BCUT2D eigenvalue weighted by atomic mass is 14.0. The largest absolute Gasteiger partial charge is 0.209 e. The average Bonchev–Trinajstić information content (AvgIpc) is 2.69. The van der Waals surface area contributed by atoms with Gasteiger partial charge in [0.2, 0.25) is 6.71 Å². The summed E-state index contributed by atoms with van der Waals surface area (Å²) in [6.07, 6.45) is 5.95. The maximum Gasteiger partial charge on any atom is 0.209 e. The Morgan fingerprint density at radius 2 is 1.24 bits per heavy atom. The van der Waals surface area contributed by atoms with Crippen molar-refractivity contribution in [2.24, 2.45) is 0 Å². The van der Waals surface area contributed by atoms with E-state index < -0.39 is 0 Å². The first kappa shape index (κ1) is 17.5. The van der Waals surface area contributed by atoms with Gasteiger partial charge in [0.15, 0.2) is 0 Å². The molecule has 0 fully saturated rings. The van der Waals surface area contributed by atoms with E-state index >= 15 is 0 Å². The second-order valence-corrected chi connectivity index (χ2v) is 6.84. The normalized spacial score (nSPS) is 10.6. The highest BCUT2D eigenvalue weighted by molar-refractivity contribution is 6.85. The van der Waals surface area contributed by atoms with Crippen molar-refractivity contribution in [3.63, 3.8) is 0 Å². The zero-order chi connectivity index (χ0) is 17.3. The molecule has 25 heavy (non-hydrogen) atoms. The molecule has 0 heterocycles.